The van der Waals surface area contributed by atoms with Crippen LogP contribution in [0.2, 0.25) is 0 Å². The summed E-state index contributed by atoms with van der Waals surface area (Å²) in [5.74, 6) is 0.685. The van der Waals surface area contributed by atoms with Crippen molar-refractivity contribution >= 4 is 28.8 Å². The van der Waals surface area contributed by atoms with Gasteiger partial charge in [-0.15, -0.1) is 0 Å². The normalized spacial score (nSPS) is 11.7. The third kappa shape index (κ3) is 6.95. The molecule has 0 heterocycles. The highest BCUT2D eigenvalue weighted by atomic mass is 16.5. The van der Waals surface area contributed by atoms with Crippen LogP contribution < -0.4 is 20.2 Å². The standard InChI is InChI=1S/C30H29N3O4/c1-21(32-29(34)18-22-12-15-25(36-2)16-13-22)30(35)33-31-19-27-26-11-7-6-10-24(26)14-17-28(27)37-20-23-8-4-3-5-9-23/h3-17,19,21H,18,20H2,1-2H3,(H,32,34)(H,33,35). The van der Waals surface area contributed by atoms with Gasteiger partial charge in [0, 0.05) is 5.56 Å². The fourth-order valence-corrected chi connectivity index (χ4v) is 3.81. The largest absolute Gasteiger partial charge is 0.497 e. The molecule has 0 aliphatic carbocycles. The highest BCUT2D eigenvalue weighted by molar-refractivity contribution is 6.02. The molecule has 7 heteroatoms. The van der Waals surface area contributed by atoms with Crippen LogP contribution in [0.15, 0.2) is 96.1 Å². The zero-order chi connectivity index (χ0) is 26.0. The van der Waals surface area contributed by atoms with Gasteiger partial charge in [-0.25, -0.2) is 5.43 Å². The molecule has 0 radical (unpaired) electrons. The van der Waals surface area contributed by atoms with E-state index in [1.165, 1.54) is 0 Å². The van der Waals surface area contributed by atoms with E-state index in [-0.39, 0.29) is 12.3 Å². The summed E-state index contributed by atoms with van der Waals surface area (Å²) in [6.07, 6.45) is 1.73. The van der Waals surface area contributed by atoms with Crippen molar-refractivity contribution in [3.63, 3.8) is 0 Å². The molecular formula is C30H29N3O4. The van der Waals surface area contributed by atoms with Gasteiger partial charge in [0.2, 0.25) is 5.91 Å². The Morgan fingerprint density at radius 2 is 1.62 bits per heavy atom. The van der Waals surface area contributed by atoms with Crippen LogP contribution in [0.25, 0.3) is 10.8 Å². The van der Waals surface area contributed by atoms with Crippen LogP contribution in [0.3, 0.4) is 0 Å². The van der Waals surface area contributed by atoms with Gasteiger partial charge in [0.1, 0.15) is 24.1 Å². The fourth-order valence-electron chi connectivity index (χ4n) is 3.81. The van der Waals surface area contributed by atoms with Crippen molar-refractivity contribution in [1.82, 2.24) is 10.7 Å². The highest BCUT2D eigenvalue weighted by Gasteiger charge is 2.15. The van der Waals surface area contributed by atoms with Gasteiger partial charge in [-0.1, -0.05) is 72.8 Å². The molecule has 0 aliphatic heterocycles. The Balaban J connectivity index is 1.40. The lowest BCUT2D eigenvalue weighted by Crippen LogP contribution is -2.43. The summed E-state index contributed by atoms with van der Waals surface area (Å²) in [5.41, 5.74) is 5.15. The Labute approximate surface area is 216 Å². The average Bonchev–Trinajstić information content (AvgIpc) is 2.93. The first-order valence-electron chi connectivity index (χ1n) is 12.0. The van der Waals surface area contributed by atoms with Crippen molar-refractivity contribution in [3.05, 3.63) is 108 Å². The lowest BCUT2D eigenvalue weighted by molar-refractivity contribution is -0.128. The predicted molar refractivity (Wildman–Crippen MR) is 145 cm³/mol. The van der Waals surface area contributed by atoms with E-state index in [1.54, 1.807) is 32.4 Å². The van der Waals surface area contributed by atoms with Gasteiger partial charge < -0.3 is 14.8 Å². The van der Waals surface area contributed by atoms with Gasteiger partial charge in [0.05, 0.1) is 19.7 Å². The van der Waals surface area contributed by atoms with Gasteiger partial charge in [0.25, 0.3) is 5.91 Å². The molecule has 0 spiro atoms. The van der Waals surface area contributed by atoms with Crippen molar-refractivity contribution < 1.29 is 19.1 Å². The first kappa shape index (κ1) is 25.4. The van der Waals surface area contributed by atoms with Gasteiger partial charge in [-0.3, -0.25) is 9.59 Å². The molecule has 0 bridgehead atoms. The zero-order valence-corrected chi connectivity index (χ0v) is 20.8. The number of methoxy groups -OCH3 is 1. The summed E-state index contributed by atoms with van der Waals surface area (Å²) >= 11 is 0. The number of rotatable bonds is 10. The van der Waals surface area contributed by atoms with Crippen molar-refractivity contribution in [2.24, 2.45) is 5.10 Å². The summed E-state index contributed by atoms with van der Waals surface area (Å²) in [7, 11) is 1.59. The minimum absolute atomic E-state index is 0.156. The van der Waals surface area contributed by atoms with Crippen molar-refractivity contribution in [2.45, 2.75) is 26.0 Å². The van der Waals surface area contributed by atoms with Gasteiger partial charge >= 0.3 is 0 Å². The molecular weight excluding hydrogens is 466 g/mol. The van der Waals surface area contributed by atoms with Crippen LogP contribution in [-0.2, 0) is 22.6 Å². The van der Waals surface area contributed by atoms with E-state index in [0.717, 1.165) is 33.2 Å². The number of hydrogen-bond donors (Lipinski definition) is 2. The van der Waals surface area contributed by atoms with E-state index < -0.39 is 11.9 Å². The molecule has 0 fully saturated rings. The Morgan fingerprint density at radius 3 is 2.38 bits per heavy atom. The number of nitrogens with zero attached hydrogens (tertiary/aromatic N) is 1. The minimum Gasteiger partial charge on any atom is -0.497 e. The number of amides is 2. The van der Waals surface area contributed by atoms with Crippen molar-refractivity contribution in [2.75, 3.05) is 7.11 Å². The SMILES string of the molecule is COc1ccc(CC(=O)NC(C)C(=O)NN=Cc2c(OCc3ccccc3)ccc3ccccc23)cc1. The second kappa shape index (κ2) is 12.4. The molecule has 0 aliphatic rings. The molecule has 2 amide bonds. The second-order valence-electron chi connectivity index (χ2n) is 8.52. The molecule has 188 valence electrons. The fraction of sp³-hybridized carbons (Fsp3) is 0.167. The lowest BCUT2D eigenvalue weighted by atomic mass is 10.0. The summed E-state index contributed by atoms with van der Waals surface area (Å²) in [5, 5.41) is 8.85. The first-order chi connectivity index (χ1) is 18.0. The summed E-state index contributed by atoms with van der Waals surface area (Å²) in [6.45, 7) is 2.02. The number of ether oxygens (including phenoxy) is 2. The van der Waals surface area contributed by atoms with Crippen LogP contribution in [0.4, 0.5) is 0 Å². The maximum Gasteiger partial charge on any atom is 0.262 e. The third-order valence-electron chi connectivity index (χ3n) is 5.83. The molecule has 7 nitrogen and oxygen atoms in total. The molecule has 1 unspecified atom stereocenters. The van der Waals surface area contributed by atoms with Gasteiger partial charge in [-0.05, 0) is 47.0 Å². The van der Waals surface area contributed by atoms with Gasteiger partial charge in [-0.2, -0.15) is 5.10 Å². The zero-order valence-electron chi connectivity index (χ0n) is 20.8. The van der Waals surface area contributed by atoms with Crippen LogP contribution in [0.1, 0.15) is 23.6 Å². The van der Waals surface area contributed by atoms with Gasteiger partial charge in [0.15, 0.2) is 0 Å². The molecule has 0 saturated carbocycles. The smallest absolute Gasteiger partial charge is 0.262 e. The molecule has 0 aromatic heterocycles. The number of carbonyl (C=O) groups is 2. The van der Waals surface area contributed by atoms with E-state index in [0.29, 0.717) is 12.4 Å². The van der Waals surface area contributed by atoms with Crippen molar-refractivity contribution in [1.29, 1.82) is 0 Å². The number of benzene rings is 4. The molecule has 2 N–H and O–H groups in total. The number of nitrogens with one attached hydrogen (secondary N) is 2. The molecule has 37 heavy (non-hydrogen) atoms. The van der Waals surface area contributed by atoms with E-state index >= 15 is 0 Å². The lowest BCUT2D eigenvalue weighted by Gasteiger charge is -2.13. The monoisotopic (exact) mass is 495 g/mol. The first-order valence-corrected chi connectivity index (χ1v) is 12.0. The van der Waals surface area contributed by atoms with E-state index in [9.17, 15) is 9.59 Å². The molecule has 1 atom stereocenters. The second-order valence-corrected chi connectivity index (χ2v) is 8.52. The van der Waals surface area contributed by atoms with Crippen LogP contribution in [-0.4, -0.2) is 31.2 Å². The van der Waals surface area contributed by atoms with Crippen LogP contribution in [0, 0.1) is 0 Å². The quantitative estimate of drug-likeness (QED) is 0.248. The highest BCUT2D eigenvalue weighted by Crippen LogP contribution is 2.27. The summed E-state index contributed by atoms with van der Waals surface area (Å²) in [6, 6.07) is 28.1. The Morgan fingerprint density at radius 1 is 0.892 bits per heavy atom. The van der Waals surface area contributed by atoms with E-state index in [4.69, 9.17) is 9.47 Å². The number of carbonyl (C=O) groups excluding carboxylic acids is 2. The number of fused-ring (bicyclic) bond motifs is 1. The molecule has 4 rings (SSSR count). The average molecular weight is 496 g/mol. The maximum absolute atomic E-state index is 12.6. The predicted octanol–water partition coefficient (Wildman–Crippen LogP) is 4.62. The Hall–Kier alpha value is -4.65. The van der Waals surface area contributed by atoms with Crippen LogP contribution in [0.5, 0.6) is 11.5 Å². The molecule has 4 aromatic carbocycles. The Bertz CT molecular complexity index is 1390. The number of hydrazone groups is 1. The van der Waals surface area contributed by atoms with E-state index in [1.807, 2.05) is 78.9 Å². The van der Waals surface area contributed by atoms with Crippen LogP contribution >= 0.6 is 0 Å². The Kier molecular flexibility index (Phi) is 8.49. The minimum atomic E-state index is -0.760. The molecule has 0 saturated heterocycles. The third-order valence-corrected chi connectivity index (χ3v) is 5.83. The van der Waals surface area contributed by atoms with Crippen molar-refractivity contribution in [3.8, 4) is 11.5 Å². The topological polar surface area (TPSA) is 89.0 Å². The maximum atomic E-state index is 12.6. The number of hydrogen-bond acceptors (Lipinski definition) is 5. The summed E-state index contributed by atoms with van der Waals surface area (Å²) < 4.78 is 11.2. The summed E-state index contributed by atoms with van der Waals surface area (Å²) in [4.78, 5) is 25.0. The molecule has 4 aromatic rings. The van der Waals surface area contributed by atoms with E-state index in [2.05, 4.69) is 15.8 Å².